The number of hydrogen-bond donors (Lipinski definition) is 0. The van der Waals surface area contributed by atoms with Gasteiger partial charge in [0, 0.05) is 51.5 Å². The summed E-state index contributed by atoms with van der Waals surface area (Å²) in [5.41, 5.74) is -3.43. The number of fused-ring (bicyclic) bond motifs is 3. The quantitative estimate of drug-likeness (QED) is 0.367. The van der Waals surface area contributed by atoms with E-state index in [0.717, 1.165) is 20.7 Å². The molecule has 0 saturated heterocycles. The van der Waals surface area contributed by atoms with E-state index in [2.05, 4.69) is 0 Å². The molecule has 0 amide bonds. The van der Waals surface area contributed by atoms with Gasteiger partial charge in [-0.15, -0.1) is 0 Å². The normalized spacial score (nSPS) is 13.4. The predicted molar refractivity (Wildman–Crippen MR) is 110 cm³/mol. The van der Waals surface area contributed by atoms with Crippen LogP contribution in [0.1, 0.15) is 15.9 Å². The smallest absolute Gasteiger partial charge is 0.279 e. The molecule has 0 N–H and O–H groups in total. The van der Waals surface area contributed by atoms with Crippen LogP contribution in [0.4, 0.5) is 11.4 Å². The number of sulfonamides is 2. The van der Waals surface area contributed by atoms with Crippen LogP contribution < -0.4 is 0 Å². The number of nitro groups is 2. The molecule has 0 unspecified atom stereocenters. The van der Waals surface area contributed by atoms with Crippen molar-refractivity contribution >= 4 is 37.2 Å². The van der Waals surface area contributed by atoms with Gasteiger partial charge in [-0.05, 0) is 12.1 Å². The lowest BCUT2D eigenvalue weighted by Gasteiger charge is -2.13. The van der Waals surface area contributed by atoms with Crippen LogP contribution in [0, 0.1) is 20.2 Å². The lowest BCUT2D eigenvalue weighted by Crippen LogP contribution is -2.22. The second-order valence-electron chi connectivity index (χ2n) is 7.15. The molecule has 15 heteroatoms. The molecular formula is C17H16N4O9S2. The molecule has 170 valence electrons. The molecule has 1 aliphatic rings. The van der Waals surface area contributed by atoms with E-state index in [1.54, 1.807) is 0 Å². The van der Waals surface area contributed by atoms with Crippen molar-refractivity contribution in [1.82, 2.24) is 8.61 Å². The summed E-state index contributed by atoms with van der Waals surface area (Å²) in [6.45, 7) is 0. The van der Waals surface area contributed by atoms with E-state index >= 15 is 0 Å². The van der Waals surface area contributed by atoms with Gasteiger partial charge in [-0.1, -0.05) is 0 Å². The summed E-state index contributed by atoms with van der Waals surface area (Å²) in [7, 11) is -3.63. The first-order chi connectivity index (χ1) is 14.6. The molecule has 3 rings (SSSR count). The lowest BCUT2D eigenvalue weighted by atomic mass is 10.0. The van der Waals surface area contributed by atoms with Crippen molar-refractivity contribution in [3.8, 4) is 11.1 Å². The van der Waals surface area contributed by atoms with E-state index < -0.39 is 79.1 Å². The second kappa shape index (κ2) is 7.40. The van der Waals surface area contributed by atoms with Gasteiger partial charge in [0.2, 0.25) is 20.0 Å². The van der Waals surface area contributed by atoms with E-state index in [-0.39, 0.29) is 0 Å². The van der Waals surface area contributed by atoms with Crippen molar-refractivity contribution in [2.45, 2.75) is 9.79 Å². The van der Waals surface area contributed by atoms with Gasteiger partial charge in [0.1, 0.15) is 0 Å². The van der Waals surface area contributed by atoms with E-state index in [4.69, 9.17) is 0 Å². The molecule has 0 aromatic heterocycles. The Morgan fingerprint density at radius 3 is 1.25 bits per heavy atom. The van der Waals surface area contributed by atoms with Gasteiger partial charge in [0.05, 0.1) is 30.8 Å². The first-order valence-corrected chi connectivity index (χ1v) is 11.6. The Morgan fingerprint density at radius 1 is 0.688 bits per heavy atom. The van der Waals surface area contributed by atoms with Gasteiger partial charge in [-0.25, -0.2) is 25.4 Å². The molecule has 0 spiro atoms. The van der Waals surface area contributed by atoms with Crippen LogP contribution in [0.5, 0.6) is 0 Å². The maximum absolute atomic E-state index is 13.1. The first kappa shape index (κ1) is 23.4. The van der Waals surface area contributed by atoms with Gasteiger partial charge in [-0.2, -0.15) is 0 Å². The van der Waals surface area contributed by atoms with E-state index in [9.17, 15) is 41.9 Å². The first-order valence-electron chi connectivity index (χ1n) is 8.67. The molecule has 32 heavy (non-hydrogen) atoms. The summed E-state index contributed by atoms with van der Waals surface area (Å²) >= 11 is 0. The summed E-state index contributed by atoms with van der Waals surface area (Å²) in [6.07, 6.45) is 0. The summed E-state index contributed by atoms with van der Waals surface area (Å²) in [4.78, 5) is 33.5. The fraction of sp³-hybridized carbons (Fsp3) is 0.235. The van der Waals surface area contributed by atoms with Crippen molar-refractivity contribution in [1.29, 1.82) is 0 Å². The molecule has 0 bridgehead atoms. The SMILES string of the molecule is CN(C)S(=O)(=O)c1cc2c(c([N+](=O)[O-])c1)-c1c(cc(S(=O)(=O)N(C)C)cc1[N+](=O)[O-])C2=O. The Hall–Kier alpha value is -3.27. The largest absolute Gasteiger partial charge is 0.289 e. The maximum Gasteiger partial charge on any atom is 0.279 e. The molecule has 0 aliphatic heterocycles. The molecule has 0 radical (unpaired) electrons. The standard InChI is InChI=1S/C17H16N4O9S2/c1-18(2)31(27,28)9-5-11-15(13(7-9)20(23)24)16-12(17(11)22)6-10(8-14(16)21(25)26)32(29,30)19(3)4/h5-8H,1-4H3. The lowest BCUT2D eigenvalue weighted by molar-refractivity contribution is -0.386. The van der Waals surface area contributed by atoms with Gasteiger partial charge in [0.15, 0.2) is 5.78 Å². The third-order valence-corrected chi connectivity index (χ3v) is 8.46. The van der Waals surface area contributed by atoms with Crippen LogP contribution in [0.3, 0.4) is 0 Å². The highest BCUT2D eigenvalue weighted by Gasteiger charge is 2.42. The van der Waals surface area contributed by atoms with Gasteiger partial charge in [-0.3, -0.25) is 25.0 Å². The summed E-state index contributed by atoms with van der Waals surface area (Å²) in [6, 6.07) is 3.21. The van der Waals surface area contributed by atoms with Gasteiger partial charge < -0.3 is 0 Å². The third kappa shape index (κ3) is 3.35. The third-order valence-electron chi connectivity index (χ3n) is 4.87. The number of carbonyl (C=O) groups excluding carboxylic acids is 1. The van der Waals surface area contributed by atoms with Crippen molar-refractivity contribution in [2.75, 3.05) is 28.2 Å². The maximum atomic E-state index is 13.1. The number of nitrogens with zero attached hydrogens (tertiary/aromatic N) is 4. The molecule has 2 aromatic carbocycles. The van der Waals surface area contributed by atoms with Gasteiger partial charge >= 0.3 is 0 Å². The minimum absolute atomic E-state index is 0.437. The molecule has 0 saturated carbocycles. The highest BCUT2D eigenvalue weighted by molar-refractivity contribution is 7.89. The fourth-order valence-corrected chi connectivity index (χ4v) is 5.14. The fourth-order valence-electron chi connectivity index (χ4n) is 3.24. The van der Waals surface area contributed by atoms with Crippen molar-refractivity contribution in [2.24, 2.45) is 0 Å². The van der Waals surface area contributed by atoms with Crippen LogP contribution in [0.25, 0.3) is 11.1 Å². The monoisotopic (exact) mass is 484 g/mol. The van der Waals surface area contributed by atoms with E-state index in [1.165, 1.54) is 28.2 Å². The molecular weight excluding hydrogens is 468 g/mol. The minimum atomic E-state index is -4.19. The van der Waals surface area contributed by atoms with Crippen LogP contribution in [0.15, 0.2) is 34.1 Å². The van der Waals surface area contributed by atoms with E-state index in [1.807, 2.05) is 0 Å². The average Bonchev–Trinajstić information content (AvgIpc) is 2.98. The molecule has 0 heterocycles. The van der Waals surface area contributed by atoms with Gasteiger partial charge in [0.25, 0.3) is 11.4 Å². The van der Waals surface area contributed by atoms with Crippen molar-refractivity contribution < 1.29 is 31.5 Å². The highest BCUT2D eigenvalue weighted by atomic mass is 32.2. The number of ketones is 1. The highest BCUT2D eigenvalue weighted by Crippen LogP contribution is 2.49. The zero-order valence-corrected chi connectivity index (χ0v) is 18.7. The molecule has 1 aliphatic carbocycles. The Bertz CT molecular complexity index is 1320. The van der Waals surface area contributed by atoms with Crippen LogP contribution >= 0.6 is 0 Å². The molecule has 0 fully saturated rings. The van der Waals surface area contributed by atoms with Crippen LogP contribution in [0.2, 0.25) is 0 Å². The number of benzene rings is 2. The minimum Gasteiger partial charge on any atom is -0.289 e. The molecule has 13 nitrogen and oxygen atoms in total. The summed E-state index contributed by atoms with van der Waals surface area (Å²) < 4.78 is 51.7. The Balaban J connectivity index is 2.48. The molecule has 2 aromatic rings. The van der Waals surface area contributed by atoms with Crippen LogP contribution in [-0.2, 0) is 20.0 Å². The zero-order valence-electron chi connectivity index (χ0n) is 17.1. The number of carbonyl (C=O) groups is 1. The number of rotatable bonds is 6. The topological polar surface area (TPSA) is 178 Å². The Morgan fingerprint density at radius 2 is 1.00 bits per heavy atom. The Kier molecular flexibility index (Phi) is 5.41. The average molecular weight is 484 g/mol. The Labute approximate surface area is 182 Å². The molecule has 0 atom stereocenters. The number of nitro benzene ring substituents is 2. The summed E-state index contributed by atoms with van der Waals surface area (Å²) in [5.74, 6) is -0.965. The van der Waals surface area contributed by atoms with Crippen molar-refractivity contribution in [3.63, 3.8) is 0 Å². The van der Waals surface area contributed by atoms with Crippen molar-refractivity contribution in [3.05, 3.63) is 55.6 Å². The van der Waals surface area contributed by atoms with E-state index in [0.29, 0.717) is 12.1 Å². The predicted octanol–water partition coefficient (Wildman–Crippen LogP) is 1.22. The number of hydrogen-bond acceptors (Lipinski definition) is 9. The second-order valence-corrected chi connectivity index (χ2v) is 11.5. The van der Waals surface area contributed by atoms with Crippen LogP contribution in [-0.4, -0.2) is 69.3 Å². The summed E-state index contributed by atoms with van der Waals surface area (Å²) in [5, 5.41) is 23.5. The zero-order chi connectivity index (χ0) is 24.3.